The highest BCUT2D eigenvalue weighted by Gasteiger charge is 2.27. The van der Waals surface area contributed by atoms with Crippen LogP contribution in [0.5, 0.6) is 0 Å². The first-order valence-electron chi connectivity index (χ1n) is 12.8. The molecule has 0 spiro atoms. The van der Waals surface area contributed by atoms with E-state index in [0.29, 0.717) is 53.2 Å². The van der Waals surface area contributed by atoms with Gasteiger partial charge in [0.1, 0.15) is 17.3 Å². The summed E-state index contributed by atoms with van der Waals surface area (Å²) < 4.78 is 1.51. The van der Waals surface area contributed by atoms with Crippen molar-refractivity contribution in [3.8, 4) is 17.2 Å². The third kappa shape index (κ3) is 4.77. The second-order valence-corrected chi connectivity index (χ2v) is 10.4. The molecule has 1 aliphatic carbocycles. The van der Waals surface area contributed by atoms with Gasteiger partial charge in [0.25, 0.3) is 11.5 Å². The van der Waals surface area contributed by atoms with E-state index < -0.39 is 0 Å². The average molecular weight is 537 g/mol. The number of rotatable bonds is 5. The predicted octanol–water partition coefficient (Wildman–Crippen LogP) is 5.14. The lowest BCUT2D eigenvalue weighted by Gasteiger charge is -2.30. The zero-order chi connectivity index (χ0) is 27.1. The fourth-order valence-corrected chi connectivity index (χ4v) is 5.26. The fraction of sp³-hybridized carbons (Fsp3) is 0.233. The van der Waals surface area contributed by atoms with Crippen LogP contribution in [0.4, 0.5) is 11.6 Å². The molecule has 1 aliphatic heterocycles. The van der Waals surface area contributed by atoms with Crippen molar-refractivity contribution in [3.63, 3.8) is 0 Å². The van der Waals surface area contributed by atoms with E-state index in [1.807, 2.05) is 42.5 Å². The normalized spacial score (nSPS) is 15.1. The summed E-state index contributed by atoms with van der Waals surface area (Å²) in [5, 5.41) is 14.0. The van der Waals surface area contributed by atoms with Crippen molar-refractivity contribution in [3.05, 3.63) is 92.9 Å². The van der Waals surface area contributed by atoms with Gasteiger partial charge in [0.15, 0.2) is 0 Å². The molecular formula is C30H25ClN6O2. The molecule has 1 N–H and O–H groups in total. The molecule has 0 radical (unpaired) electrons. The van der Waals surface area contributed by atoms with Crippen LogP contribution in [-0.2, 0) is 24.8 Å². The lowest BCUT2D eigenvalue weighted by atomic mass is 9.97. The Labute approximate surface area is 230 Å². The van der Waals surface area contributed by atoms with Crippen LogP contribution in [0.3, 0.4) is 0 Å². The molecule has 39 heavy (non-hydrogen) atoms. The Kier molecular flexibility index (Phi) is 6.37. The van der Waals surface area contributed by atoms with Gasteiger partial charge in [-0.25, -0.2) is 4.98 Å². The maximum absolute atomic E-state index is 13.2. The largest absolute Gasteiger partial charge is 0.333 e. The number of pyridine rings is 1. The first-order chi connectivity index (χ1) is 18.9. The number of aromatic nitrogens is 3. The third-order valence-electron chi connectivity index (χ3n) is 7.29. The summed E-state index contributed by atoms with van der Waals surface area (Å²) in [7, 11) is 1.69. The van der Waals surface area contributed by atoms with Crippen LogP contribution < -0.4 is 10.9 Å². The van der Waals surface area contributed by atoms with Crippen LogP contribution in [0, 0.1) is 17.2 Å². The Hall–Kier alpha value is -4.48. The van der Waals surface area contributed by atoms with Crippen molar-refractivity contribution < 1.29 is 4.79 Å². The Morgan fingerprint density at radius 1 is 1.18 bits per heavy atom. The number of fused-ring (bicyclic) bond motifs is 2. The Morgan fingerprint density at radius 3 is 2.77 bits per heavy atom. The van der Waals surface area contributed by atoms with Crippen LogP contribution in [0.2, 0.25) is 5.02 Å². The number of benzene rings is 2. The van der Waals surface area contributed by atoms with Crippen molar-refractivity contribution in [2.45, 2.75) is 25.8 Å². The first-order valence-corrected chi connectivity index (χ1v) is 13.2. The van der Waals surface area contributed by atoms with E-state index in [1.165, 1.54) is 4.57 Å². The summed E-state index contributed by atoms with van der Waals surface area (Å²) in [5.41, 5.74) is 4.64. The lowest BCUT2D eigenvalue weighted by molar-refractivity contribution is -0.127. The lowest BCUT2D eigenvalue weighted by Crippen LogP contribution is -2.37. The molecule has 6 rings (SSSR count). The topological polar surface area (TPSA) is 104 Å². The van der Waals surface area contributed by atoms with Crippen LogP contribution in [0.1, 0.15) is 24.0 Å². The minimum Gasteiger partial charge on any atom is -0.333 e. The zero-order valence-corrected chi connectivity index (χ0v) is 22.1. The molecule has 2 aromatic carbocycles. The van der Waals surface area contributed by atoms with Gasteiger partial charge in [-0.3, -0.25) is 14.2 Å². The van der Waals surface area contributed by atoms with E-state index in [1.54, 1.807) is 30.3 Å². The molecule has 0 atom stereocenters. The number of nitriles is 1. The first kappa shape index (κ1) is 24.8. The van der Waals surface area contributed by atoms with E-state index in [0.717, 1.165) is 35.0 Å². The molecule has 4 aromatic rings. The maximum Gasteiger partial charge on any atom is 0.264 e. The zero-order valence-electron chi connectivity index (χ0n) is 21.3. The fourth-order valence-electron chi connectivity index (χ4n) is 5.03. The molecule has 8 nitrogen and oxygen atoms in total. The van der Waals surface area contributed by atoms with Gasteiger partial charge in [-0.15, -0.1) is 0 Å². The number of carbonyl (C=O) groups is 1. The summed E-state index contributed by atoms with van der Waals surface area (Å²) >= 11 is 6.35. The highest BCUT2D eigenvalue weighted by molar-refractivity contribution is 6.33. The highest BCUT2D eigenvalue weighted by atomic mass is 35.5. The van der Waals surface area contributed by atoms with Crippen molar-refractivity contribution in [2.75, 3.05) is 11.9 Å². The van der Waals surface area contributed by atoms with Crippen molar-refractivity contribution >= 4 is 40.2 Å². The Morgan fingerprint density at radius 2 is 2.00 bits per heavy atom. The van der Waals surface area contributed by atoms with E-state index in [-0.39, 0.29) is 17.0 Å². The number of hydrogen-bond acceptors (Lipinski definition) is 6. The molecule has 1 amide bonds. The van der Waals surface area contributed by atoms with Crippen LogP contribution in [-0.4, -0.2) is 31.9 Å². The van der Waals surface area contributed by atoms with Gasteiger partial charge in [-0.1, -0.05) is 48.0 Å². The van der Waals surface area contributed by atoms with Crippen LogP contribution in [0.25, 0.3) is 22.2 Å². The van der Waals surface area contributed by atoms with Crippen molar-refractivity contribution in [1.29, 1.82) is 5.26 Å². The summed E-state index contributed by atoms with van der Waals surface area (Å²) in [6, 6.07) is 17.0. The monoisotopic (exact) mass is 536 g/mol. The second-order valence-electron chi connectivity index (χ2n) is 9.95. The van der Waals surface area contributed by atoms with Gasteiger partial charge >= 0.3 is 0 Å². The molecule has 9 heteroatoms. The number of nitrogens with one attached hydrogen (secondary N) is 1. The van der Waals surface area contributed by atoms with Gasteiger partial charge in [-0.2, -0.15) is 10.2 Å². The molecule has 1 fully saturated rings. The van der Waals surface area contributed by atoms with Gasteiger partial charge in [0, 0.05) is 53.6 Å². The smallest absolute Gasteiger partial charge is 0.264 e. The number of halogens is 1. The van der Waals surface area contributed by atoms with Gasteiger partial charge in [0.2, 0.25) is 5.95 Å². The highest BCUT2D eigenvalue weighted by Crippen LogP contribution is 2.33. The minimum absolute atomic E-state index is 0.199. The molecule has 0 saturated heterocycles. The summed E-state index contributed by atoms with van der Waals surface area (Å²) in [6.07, 6.45) is 6.24. The number of amides is 1. The quantitative estimate of drug-likeness (QED) is 0.280. The van der Waals surface area contributed by atoms with E-state index >= 15 is 0 Å². The summed E-state index contributed by atoms with van der Waals surface area (Å²) in [4.78, 5) is 37.0. The average Bonchev–Trinajstić information content (AvgIpc) is 3.78. The summed E-state index contributed by atoms with van der Waals surface area (Å²) in [6.45, 7) is 0.956. The minimum atomic E-state index is -0.205. The molecule has 3 heterocycles. The van der Waals surface area contributed by atoms with Crippen LogP contribution in [0.15, 0.2) is 71.2 Å². The molecule has 2 aromatic heterocycles. The molecular weight excluding hydrogens is 512 g/mol. The van der Waals surface area contributed by atoms with E-state index in [2.05, 4.69) is 21.4 Å². The number of anilines is 2. The number of allylic oxidation sites excluding steroid dienone is 1. The number of hydrogen-bond donors (Lipinski definition) is 1. The Balaban J connectivity index is 1.27. The van der Waals surface area contributed by atoms with Crippen molar-refractivity contribution in [2.24, 2.45) is 13.0 Å². The maximum atomic E-state index is 13.2. The van der Waals surface area contributed by atoms with E-state index in [9.17, 15) is 14.9 Å². The molecule has 0 bridgehead atoms. The van der Waals surface area contributed by atoms with E-state index in [4.69, 9.17) is 11.6 Å². The Bertz CT molecular complexity index is 1770. The SMILES string of the molecule is Cn1c(=O)c(-c2ccccc2Cl)cc2cnc(Nc3cccc4c3CCN(C(=O)/C(C#N)=C/C3CC3)C4)nc21. The molecule has 1 saturated carbocycles. The predicted molar refractivity (Wildman–Crippen MR) is 150 cm³/mol. The second kappa shape index (κ2) is 10.0. The van der Waals surface area contributed by atoms with Crippen LogP contribution >= 0.6 is 11.6 Å². The molecule has 194 valence electrons. The molecule has 0 unspecified atom stereocenters. The number of carbonyl (C=O) groups excluding carboxylic acids is 1. The van der Waals surface area contributed by atoms with Gasteiger partial charge in [0.05, 0.1) is 0 Å². The summed E-state index contributed by atoms with van der Waals surface area (Å²) in [5.74, 6) is 0.526. The third-order valence-corrected chi connectivity index (χ3v) is 7.62. The number of aryl methyl sites for hydroxylation is 1. The number of nitrogens with zero attached hydrogens (tertiary/aromatic N) is 5. The molecule has 2 aliphatic rings. The van der Waals surface area contributed by atoms with Gasteiger partial charge < -0.3 is 10.2 Å². The standard InChI is InChI=1S/C30H25ClN6O2/c1-36-27-21(14-24(29(36)39)23-6-2-3-7-25(23)31)16-33-30(35-27)34-26-8-4-5-19-17-37(12-11-22(19)26)28(38)20(15-32)13-18-9-10-18/h2-8,13-14,16,18H,9-12,17H2,1H3,(H,33,34,35)/b20-13+. The van der Waals surface area contributed by atoms with Gasteiger partial charge in [-0.05, 0) is 54.5 Å². The van der Waals surface area contributed by atoms with Crippen molar-refractivity contribution in [1.82, 2.24) is 19.4 Å².